The summed E-state index contributed by atoms with van der Waals surface area (Å²) in [6.07, 6.45) is 7.71. The lowest BCUT2D eigenvalue weighted by Crippen LogP contribution is -2.48. The van der Waals surface area contributed by atoms with E-state index in [0.29, 0.717) is 18.4 Å². The van der Waals surface area contributed by atoms with Gasteiger partial charge in [0.2, 0.25) is 0 Å². The van der Waals surface area contributed by atoms with Crippen LogP contribution in [0.5, 0.6) is 0 Å². The first-order valence-corrected chi connectivity index (χ1v) is 8.31. The number of hydrogen-bond acceptors (Lipinski definition) is 1. The molecule has 1 aromatic rings. The van der Waals surface area contributed by atoms with Gasteiger partial charge in [0.05, 0.1) is 0 Å². The minimum Gasteiger partial charge on any atom is -0.356 e. The van der Waals surface area contributed by atoms with E-state index in [9.17, 15) is 0 Å². The van der Waals surface area contributed by atoms with Crippen LogP contribution in [0, 0.1) is 18.3 Å². The monoisotopic (exact) mass is 425 g/mol. The average Bonchev–Trinajstić information content (AvgIpc) is 2.59. The standard InChI is InChI=1S/C19H27N3.HI/c1-4-13-21-19(20-6-3)22-14-12-18(16(5-2)15-22)17-10-8-7-9-11-17;/h1,7-11,16,18H,5-6,12-15H2,2-3H3,(H,20,21);1H. The van der Waals surface area contributed by atoms with Crippen LogP contribution in [-0.4, -0.2) is 37.0 Å². The van der Waals surface area contributed by atoms with Crippen LogP contribution < -0.4 is 5.32 Å². The number of terminal acetylenes is 1. The highest BCUT2D eigenvalue weighted by Crippen LogP contribution is 2.34. The van der Waals surface area contributed by atoms with E-state index in [2.05, 4.69) is 65.3 Å². The van der Waals surface area contributed by atoms with Crippen molar-refractivity contribution < 1.29 is 0 Å². The number of likely N-dealkylation sites (tertiary alicyclic amines) is 1. The third kappa shape index (κ3) is 5.42. The summed E-state index contributed by atoms with van der Waals surface area (Å²) in [5, 5.41) is 3.37. The highest BCUT2D eigenvalue weighted by atomic mass is 127. The number of nitrogens with zero attached hydrogens (tertiary/aromatic N) is 2. The molecule has 126 valence electrons. The summed E-state index contributed by atoms with van der Waals surface area (Å²) >= 11 is 0. The summed E-state index contributed by atoms with van der Waals surface area (Å²) in [7, 11) is 0. The first-order chi connectivity index (χ1) is 10.8. The Labute approximate surface area is 158 Å². The fraction of sp³-hybridized carbons (Fsp3) is 0.526. The lowest BCUT2D eigenvalue weighted by Gasteiger charge is -2.40. The second-order valence-electron chi connectivity index (χ2n) is 5.79. The van der Waals surface area contributed by atoms with E-state index in [0.717, 1.165) is 25.6 Å². The van der Waals surface area contributed by atoms with Gasteiger partial charge in [-0.1, -0.05) is 49.6 Å². The second kappa shape index (κ2) is 10.5. The van der Waals surface area contributed by atoms with E-state index in [4.69, 9.17) is 6.42 Å². The molecule has 1 aliphatic rings. The lowest BCUT2D eigenvalue weighted by molar-refractivity contribution is 0.216. The minimum atomic E-state index is 0. The molecule has 1 heterocycles. The maximum atomic E-state index is 5.35. The Balaban J connectivity index is 0.00000264. The summed E-state index contributed by atoms with van der Waals surface area (Å²) in [5.41, 5.74) is 1.47. The van der Waals surface area contributed by atoms with Gasteiger partial charge in [-0.15, -0.1) is 30.4 Å². The smallest absolute Gasteiger partial charge is 0.194 e. The summed E-state index contributed by atoms with van der Waals surface area (Å²) in [4.78, 5) is 6.89. The maximum Gasteiger partial charge on any atom is 0.194 e. The van der Waals surface area contributed by atoms with Gasteiger partial charge in [-0.2, -0.15) is 0 Å². The van der Waals surface area contributed by atoms with Crippen molar-refractivity contribution in [1.29, 1.82) is 0 Å². The second-order valence-corrected chi connectivity index (χ2v) is 5.79. The first-order valence-electron chi connectivity index (χ1n) is 8.31. The quantitative estimate of drug-likeness (QED) is 0.345. The van der Waals surface area contributed by atoms with Gasteiger partial charge in [0.1, 0.15) is 6.54 Å². The minimum absolute atomic E-state index is 0. The molecule has 0 radical (unpaired) electrons. The van der Waals surface area contributed by atoms with Crippen LogP contribution in [-0.2, 0) is 0 Å². The van der Waals surface area contributed by atoms with Gasteiger partial charge in [-0.3, -0.25) is 0 Å². The number of hydrogen-bond donors (Lipinski definition) is 1. The summed E-state index contributed by atoms with van der Waals surface area (Å²) < 4.78 is 0. The largest absolute Gasteiger partial charge is 0.356 e. The van der Waals surface area contributed by atoms with Crippen molar-refractivity contribution in [2.75, 3.05) is 26.2 Å². The number of nitrogens with one attached hydrogen (secondary N) is 1. The number of guanidine groups is 1. The highest BCUT2D eigenvalue weighted by Gasteiger charge is 2.30. The Morgan fingerprint density at radius 3 is 2.70 bits per heavy atom. The summed E-state index contributed by atoms with van der Waals surface area (Å²) in [6, 6.07) is 10.9. The van der Waals surface area contributed by atoms with Crippen LogP contribution in [0.15, 0.2) is 35.3 Å². The fourth-order valence-corrected chi connectivity index (χ4v) is 3.32. The molecule has 2 unspecified atom stereocenters. The molecule has 3 nitrogen and oxygen atoms in total. The van der Waals surface area contributed by atoms with Crippen LogP contribution >= 0.6 is 24.0 Å². The number of piperidine rings is 1. The van der Waals surface area contributed by atoms with Gasteiger partial charge in [0, 0.05) is 19.6 Å². The molecule has 4 heteroatoms. The van der Waals surface area contributed by atoms with Crippen LogP contribution in [0.3, 0.4) is 0 Å². The zero-order valence-corrected chi connectivity index (χ0v) is 16.5. The van der Waals surface area contributed by atoms with Crippen LogP contribution in [0.25, 0.3) is 0 Å². The van der Waals surface area contributed by atoms with Crippen molar-refractivity contribution in [3.05, 3.63) is 35.9 Å². The van der Waals surface area contributed by atoms with E-state index in [-0.39, 0.29) is 24.0 Å². The van der Waals surface area contributed by atoms with Crippen LogP contribution in [0.4, 0.5) is 0 Å². The van der Waals surface area contributed by atoms with Crippen molar-refractivity contribution >= 4 is 29.9 Å². The number of halogens is 1. The van der Waals surface area contributed by atoms with E-state index >= 15 is 0 Å². The van der Waals surface area contributed by atoms with E-state index in [1.54, 1.807) is 0 Å². The predicted molar refractivity (Wildman–Crippen MR) is 109 cm³/mol. The average molecular weight is 425 g/mol. The zero-order valence-electron chi connectivity index (χ0n) is 14.2. The van der Waals surface area contributed by atoms with E-state index < -0.39 is 0 Å². The van der Waals surface area contributed by atoms with Crippen molar-refractivity contribution in [3.63, 3.8) is 0 Å². The number of aliphatic imine (C=N–C) groups is 1. The Bertz CT molecular complexity index is 521. The molecule has 1 aromatic carbocycles. The van der Waals surface area contributed by atoms with Gasteiger partial charge in [0.15, 0.2) is 5.96 Å². The highest BCUT2D eigenvalue weighted by molar-refractivity contribution is 14.0. The zero-order chi connectivity index (χ0) is 15.8. The molecule has 0 aliphatic carbocycles. The molecule has 0 aromatic heterocycles. The van der Waals surface area contributed by atoms with Crippen molar-refractivity contribution in [1.82, 2.24) is 10.2 Å². The molecule has 1 fully saturated rings. The molecule has 23 heavy (non-hydrogen) atoms. The maximum absolute atomic E-state index is 5.35. The van der Waals surface area contributed by atoms with Gasteiger partial charge in [-0.25, -0.2) is 4.99 Å². The molecule has 1 N–H and O–H groups in total. The Morgan fingerprint density at radius 1 is 1.35 bits per heavy atom. The Kier molecular flexibility index (Phi) is 9.08. The molecule has 0 spiro atoms. The van der Waals surface area contributed by atoms with Gasteiger partial charge < -0.3 is 10.2 Å². The number of benzene rings is 1. The first kappa shape index (κ1) is 19.8. The van der Waals surface area contributed by atoms with Crippen molar-refractivity contribution in [2.24, 2.45) is 10.9 Å². The van der Waals surface area contributed by atoms with Gasteiger partial charge in [-0.05, 0) is 30.7 Å². The molecular formula is C19H28IN3. The summed E-state index contributed by atoms with van der Waals surface area (Å²) in [6.45, 7) is 7.78. The molecule has 0 saturated carbocycles. The van der Waals surface area contributed by atoms with Gasteiger partial charge in [0.25, 0.3) is 0 Å². The molecule has 2 atom stereocenters. The van der Waals surface area contributed by atoms with Gasteiger partial charge >= 0.3 is 0 Å². The van der Waals surface area contributed by atoms with Crippen molar-refractivity contribution in [2.45, 2.75) is 32.6 Å². The Morgan fingerprint density at radius 2 is 2.09 bits per heavy atom. The fourth-order valence-electron chi connectivity index (χ4n) is 3.32. The molecule has 1 aliphatic heterocycles. The van der Waals surface area contributed by atoms with E-state index in [1.807, 2.05) is 0 Å². The van der Waals surface area contributed by atoms with E-state index in [1.165, 1.54) is 18.4 Å². The topological polar surface area (TPSA) is 27.6 Å². The molecule has 0 bridgehead atoms. The van der Waals surface area contributed by atoms with Crippen molar-refractivity contribution in [3.8, 4) is 12.3 Å². The Hall–Kier alpha value is -1.22. The lowest BCUT2D eigenvalue weighted by atomic mass is 9.79. The third-order valence-electron chi connectivity index (χ3n) is 4.44. The third-order valence-corrected chi connectivity index (χ3v) is 4.44. The molecule has 1 saturated heterocycles. The van der Waals surface area contributed by atoms with Crippen LogP contribution in [0.1, 0.15) is 38.2 Å². The predicted octanol–water partition coefficient (Wildman–Crippen LogP) is 3.72. The SMILES string of the molecule is C#CCN=C(NCC)N1CCC(c2ccccc2)C(CC)C1.I. The van der Waals surface area contributed by atoms with Crippen LogP contribution in [0.2, 0.25) is 0 Å². The molecule has 0 amide bonds. The number of rotatable bonds is 4. The molecular weight excluding hydrogens is 397 g/mol. The summed E-state index contributed by atoms with van der Waals surface area (Å²) in [5.74, 6) is 4.87. The normalized spacial score (nSPS) is 21.3. The molecule has 2 rings (SSSR count).